The Hall–Kier alpha value is -3.16. The van der Waals surface area contributed by atoms with Gasteiger partial charge in [-0.15, -0.1) is 11.1 Å². The van der Waals surface area contributed by atoms with E-state index in [1.807, 2.05) is 6.08 Å². The van der Waals surface area contributed by atoms with Crippen molar-refractivity contribution in [3.63, 3.8) is 0 Å². The standard InChI is InChI=1S/C29H43N5O2/c1-3-4-5-6-7-8-9-11-14-18-26(2)19-15-12-10-13-16-21-28(35)33-23-24-34(32-31-33)29(36)27-20-17-22-30-25-27/h4-5,7-8,10-12,14,17,19-20,22,30-32H,3,6,9,13,15-16,18,21,23-25H2,1-2H3/b5-4-,8-7-,12-10-,14-11-,26-19+. The fourth-order valence-electron chi connectivity index (χ4n) is 3.60. The summed E-state index contributed by atoms with van der Waals surface area (Å²) in [5.41, 5.74) is 7.71. The van der Waals surface area contributed by atoms with Crippen LogP contribution in [0.1, 0.15) is 65.2 Å². The first-order valence-electron chi connectivity index (χ1n) is 13.1. The molecule has 2 heterocycles. The van der Waals surface area contributed by atoms with Crippen LogP contribution in [-0.4, -0.2) is 41.5 Å². The number of allylic oxidation sites excluding steroid dienone is 12. The van der Waals surface area contributed by atoms with Crippen LogP contribution in [-0.2, 0) is 9.59 Å². The second kappa shape index (κ2) is 18.2. The van der Waals surface area contributed by atoms with Crippen molar-refractivity contribution in [3.05, 3.63) is 84.2 Å². The van der Waals surface area contributed by atoms with E-state index in [1.54, 1.807) is 17.3 Å². The molecule has 7 nitrogen and oxygen atoms in total. The lowest BCUT2D eigenvalue weighted by Crippen LogP contribution is -2.65. The first-order valence-corrected chi connectivity index (χ1v) is 13.1. The van der Waals surface area contributed by atoms with E-state index in [-0.39, 0.29) is 11.8 Å². The summed E-state index contributed by atoms with van der Waals surface area (Å²) in [5, 5.41) is 6.06. The lowest BCUT2D eigenvalue weighted by atomic mass is 10.1. The van der Waals surface area contributed by atoms with Crippen LogP contribution >= 0.6 is 0 Å². The summed E-state index contributed by atoms with van der Waals surface area (Å²) >= 11 is 0. The van der Waals surface area contributed by atoms with Gasteiger partial charge < -0.3 is 5.32 Å². The Labute approximate surface area is 217 Å². The van der Waals surface area contributed by atoms with Crippen LogP contribution in [0, 0.1) is 0 Å². The number of nitrogens with zero attached hydrogens (tertiary/aromatic N) is 2. The largest absolute Gasteiger partial charge is 0.387 e. The fourth-order valence-corrected chi connectivity index (χ4v) is 3.60. The smallest absolute Gasteiger partial charge is 0.266 e. The van der Waals surface area contributed by atoms with Gasteiger partial charge in [-0.3, -0.25) is 19.6 Å². The van der Waals surface area contributed by atoms with Gasteiger partial charge in [-0.25, -0.2) is 0 Å². The first kappa shape index (κ1) is 29.1. The second-order valence-electron chi connectivity index (χ2n) is 8.81. The Bertz CT molecular complexity index is 887. The highest BCUT2D eigenvalue weighted by Gasteiger charge is 2.25. The highest BCUT2D eigenvalue weighted by molar-refractivity contribution is 5.94. The van der Waals surface area contributed by atoms with E-state index in [9.17, 15) is 9.59 Å². The number of carbonyl (C=O) groups is 2. The molecule has 0 spiro atoms. The van der Waals surface area contributed by atoms with E-state index in [0.29, 0.717) is 31.6 Å². The fraction of sp³-hybridized carbons (Fsp3) is 0.448. The molecule has 2 amide bonds. The Morgan fingerprint density at radius 1 is 0.917 bits per heavy atom. The number of dihydropyridines is 1. The molecule has 0 aliphatic carbocycles. The van der Waals surface area contributed by atoms with Gasteiger partial charge in [0.25, 0.3) is 5.91 Å². The molecular formula is C29H43N5O2. The minimum absolute atomic E-state index is 0.0271. The van der Waals surface area contributed by atoms with Gasteiger partial charge in [-0.2, -0.15) is 0 Å². The minimum Gasteiger partial charge on any atom is -0.387 e. The Morgan fingerprint density at radius 2 is 1.61 bits per heavy atom. The lowest BCUT2D eigenvalue weighted by Gasteiger charge is -2.36. The van der Waals surface area contributed by atoms with Gasteiger partial charge in [0.1, 0.15) is 0 Å². The molecule has 0 aromatic carbocycles. The highest BCUT2D eigenvalue weighted by Crippen LogP contribution is 2.08. The first-order chi connectivity index (χ1) is 17.6. The SMILES string of the molecule is CC/C=C\C/C=C\C/C=C\C/C(C)=C/C/C=C\CCCC(=O)N1CCN(C(=O)C2=CC=CNC2)NN1. The van der Waals surface area contributed by atoms with E-state index in [0.717, 1.165) is 44.9 Å². The average molecular weight is 494 g/mol. The summed E-state index contributed by atoms with van der Waals surface area (Å²) in [6.07, 6.45) is 32.4. The topological polar surface area (TPSA) is 76.7 Å². The van der Waals surface area contributed by atoms with E-state index < -0.39 is 0 Å². The van der Waals surface area contributed by atoms with Crippen molar-refractivity contribution >= 4 is 11.8 Å². The molecule has 1 saturated heterocycles. The maximum atomic E-state index is 12.5. The lowest BCUT2D eigenvalue weighted by molar-refractivity contribution is -0.150. The zero-order valence-corrected chi connectivity index (χ0v) is 21.9. The summed E-state index contributed by atoms with van der Waals surface area (Å²) in [7, 11) is 0. The van der Waals surface area contributed by atoms with Crippen molar-refractivity contribution in [3.8, 4) is 0 Å². The molecule has 0 aromatic rings. The second-order valence-corrected chi connectivity index (χ2v) is 8.81. The number of hydrogen-bond acceptors (Lipinski definition) is 5. The van der Waals surface area contributed by atoms with Crippen LogP contribution in [0.3, 0.4) is 0 Å². The van der Waals surface area contributed by atoms with Crippen LogP contribution in [0.2, 0.25) is 0 Å². The van der Waals surface area contributed by atoms with Crippen LogP contribution in [0.4, 0.5) is 0 Å². The minimum atomic E-state index is -0.0971. The molecule has 2 aliphatic heterocycles. The maximum absolute atomic E-state index is 12.5. The number of hydrazine groups is 3. The molecule has 2 rings (SSSR count). The molecule has 1 fully saturated rings. The number of nitrogens with one attached hydrogen (secondary N) is 3. The van der Waals surface area contributed by atoms with Crippen LogP contribution in [0.5, 0.6) is 0 Å². The van der Waals surface area contributed by atoms with Crippen molar-refractivity contribution in [1.29, 1.82) is 0 Å². The molecule has 0 saturated carbocycles. The zero-order chi connectivity index (χ0) is 25.8. The van der Waals surface area contributed by atoms with Crippen molar-refractivity contribution in [2.75, 3.05) is 19.6 Å². The summed E-state index contributed by atoms with van der Waals surface area (Å²) in [6.45, 7) is 5.71. The summed E-state index contributed by atoms with van der Waals surface area (Å²) in [5.74, 6) is -0.0700. The normalized spacial score (nSPS) is 17.1. The maximum Gasteiger partial charge on any atom is 0.266 e. The number of unbranched alkanes of at least 4 members (excludes halogenated alkanes) is 1. The van der Waals surface area contributed by atoms with Gasteiger partial charge in [-0.05, 0) is 64.1 Å². The third-order valence-corrected chi connectivity index (χ3v) is 5.74. The van der Waals surface area contributed by atoms with Gasteiger partial charge in [0.05, 0.1) is 13.1 Å². The molecule has 0 aromatic heterocycles. The highest BCUT2D eigenvalue weighted by atomic mass is 16.2. The third-order valence-electron chi connectivity index (χ3n) is 5.74. The molecule has 0 atom stereocenters. The average Bonchev–Trinajstić information content (AvgIpc) is 2.91. The van der Waals surface area contributed by atoms with E-state index in [2.05, 4.69) is 84.9 Å². The molecule has 0 unspecified atom stereocenters. The Morgan fingerprint density at radius 3 is 2.31 bits per heavy atom. The Kier molecular flexibility index (Phi) is 14.7. The van der Waals surface area contributed by atoms with E-state index >= 15 is 0 Å². The molecular weight excluding hydrogens is 450 g/mol. The zero-order valence-electron chi connectivity index (χ0n) is 21.9. The van der Waals surface area contributed by atoms with Crippen molar-refractivity contribution in [2.45, 2.75) is 65.2 Å². The van der Waals surface area contributed by atoms with Crippen LogP contribution in [0.25, 0.3) is 0 Å². The molecule has 3 N–H and O–H groups in total. The molecule has 36 heavy (non-hydrogen) atoms. The van der Waals surface area contributed by atoms with E-state index in [4.69, 9.17) is 0 Å². The molecule has 2 aliphatic rings. The number of carbonyl (C=O) groups excluding carboxylic acids is 2. The summed E-state index contributed by atoms with van der Waals surface area (Å²) in [6, 6.07) is 0. The third kappa shape index (κ3) is 12.0. The van der Waals surface area contributed by atoms with Crippen LogP contribution < -0.4 is 16.4 Å². The predicted molar refractivity (Wildman–Crippen MR) is 148 cm³/mol. The van der Waals surface area contributed by atoms with Crippen LogP contribution in [0.15, 0.2) is 84.2 Å². The molecule has 7 heteroatoms. The molecule has 196 valence electrons. The van der Waals surface area contributed by atoms with Gasteiger partial charge in [0, 0.05) is 18.5 Å². The molecule has 0 radical (unpaired) electrons. The van der Waals surface area contributed by atoms with Gasteiger partial charge in [0.15, 0.2) is 0 Å². The van der Waals surface area contributed by atoms with Crippen molar-refractivity contribution in [2.24, 2.45) is 0 Å². The van der Waals surface area contributed by atoms with Gasteiger partial charge in [-0.1, -0.05) is 73.3 Å². The summed E-state index contributed by atoms with van der Waals surface area (Å²) < 4.78 is 0. The monoisotopic (exact) mass is 493 g/mol. The van der Waals surface area contributed by atoms with E-state index in [1.165, 1.54) is 10.6 Å². The number of amides is 2. The van der Waals surface area contributed by atoms with Crippen molar-refractivity contribution < 1.29 is 9.59 Å². The van der Waals surface area contributed by atoms with Gasteiger partial charge >= 0.3 is 0 Å². The predicted octanol–water partition coefficient (Wildman–Crippen LogP) is 4.94. The number of rotatable bonds is 14. The van der Waals surface area contributed by atoms with Crippen molar-refractivity contribution in [1.82, 2.24) is 26.4 Å². The molecule has 0 bridgehead atoms. The Balaban J connectivity index is 1.52. The van der Waals surface area contributed by atoms with Gasteiger partial charge in [0.2, 0.25) is 5.91 Å². The summed E-state index contributed by atoms with van der Waals surface area (Å²) in [4.78, 5) is 24.9. The number of hydrogen-bond donors (Lipinski definition) is 3. The quantitative estimate of drug-likeness (QED) is 0.236.